The van der Waals surface area contributed by atoms with Crippen molar-refractivity contribution in [2.75, 3.05) is 38.0 Å². The molecule has 124 valence electrons. The van der Waals surface area contributed by atoms with E-state index in [-0.39, 0.29) is 24.3 Å². The van der Waals surface area contributed by atoms with Crippen molar-refractivity contribution in [3.63, 3.8) is 0 Å². The molecule has 2 fully saturated rings. The lowest BCUT2D eigenvalue weighted by Gasteiger charge is -2.34. The van der Waals surface area contributed by atoms with Gasteiger partial charge in [-0.05, 0) is 25.0 Å². The Balaban J connectivity index is 1.48. The molecule has 1 aliphatic heterocycles. The molecule has 3 rings (SSSR count). The number of benzene rings is 1. The monoisotopic (exact) mass is 355 g/mol. The summed E-state index contributed by atoms with van der Waals surface area (Å²) in [7, 11) is 0. The third-order valence-corrected chi connectivity index (χ3v) is 4.83. The Kier molecular flexibility index (Phi) is 5.09. The third kappa shape index (κ3) is 4.16. The van der Waals surface area contributed by atoms with Gasteiger partial charge in [-0.1, -0.05) is 29.3 Å². The van der Waals surface area contributed by atoms with Crippen LogP contribution >= 0.6 is 23.2 Å². The topological polar surface area (TPSA) is 52.7 Å². The maximum atomic E-state index is 12.2. The van der Waals surface area contributed by atoms with E-state index in [1.807, 2.05) is 9.80 Å². The van der Waals surface area contributed by atoms with Gasteiger partial charge in [0.1, 0.15) is 0 Å². The standard InChI is InChI=1S/C16H19Cl2N3O2/c17-12-2-1-3-13(18)15(12)19-14(22)10-20-6-8-21(9-7-20)16(23)11-4-5-11/h1-3,11H,4-10H2,(H,19,22). The first-order valence-electron chi connectivity index (χ1n) is 7.79. The highest BCUT2D eigenvalue weighted by atomic mass is 35.5. The van der Waals surface area contributed by atoms with Gasteiger partial charge in [0, 0.05) is 32.1 Å². The predicted octanol–water partition coefficient (Wildman–Crippen LogP) is 2.49. The largest absolute Gasteiger partial charge is 0.340 e. The fourth-order valence-corrected chi connectivity index (χ4v) is 3.21. The molecule has 0 atom stereocenters. The van der Waals surface area contributed by atoms with Crippen molar-refractivity contribution >= 4 is 40.7 Å². The Labute approximate surface area is 145 Å². The van der Waals surface area contributed by atoms with Crippen molar-refractivity contribution < 1.29 is 9.59 Å². The number of rotatable bonds is 4. The highest BCUT2D eigenvalue weighted by Crippen LogP contribution is 2.31. The molecule has 0 radical (unpaired) electrons. The van der Waals surface area contributed by atoms with Crippen molar-refractivity contribution in [3.05, 3.63) is 28.2 Å². The molecule has 7 heteroatoms. The predicted molar refractivity (Wildman–Crippen MR) is 90.8 cm³/mol. The van der Waals surface area contributed by atoms with Crippen molar-refractivity contribution in [2.45, 2.75) is 12.8 Å². The molecule has 1 saturated heterocycles. The van der Waals surface area contributed by atoms with E-state index in [4.69, 9.17) is 23.2 Å². The fourth-order valence-electron chi connectivity index (χ4n) is 2.71. The van der Waals surface area contributed by atoms with E-state index in [0.29, 0.717) is 41.9 Å². The van der Waals surface area contributed by atoms with Crippen molar-refractivity contribution in [1.29, 1.82) is 0 Å². The van der Waals surface area contributed by atoms with Crippen LogP contribution in [0.3, 0.4) is 0 Å². The Morgan fingerprint density at radius 3 is 2.26 bits per heavy atom. The average Bonchev–Trinajstić information content (AvgIpc) is 3.36. The van der Waals surface area contributed by atoms with Gasteiger partial charge in [0.05, 0.1) is 22.3 Å². The Bertz CT molecular complexity index is 591. The van der Waals surface area contributed by atoms with Crippen LogP contribution in [-0.4, -0.2) is 54.3 Å². The van der Waals surface area contributed by atoms with Crippen LogP contribution in [0, 0.1) is 5.92 Å². The molecule has 0 spiro atoms. The SMILES string of the molecule is O=C(CN1CCN(C(=O)C2CC2)CC1)Nc1c(Cl)cccc1Cl. The minimum Gasteiger partial charge on any atom is -0.340 e. The fraction of sp³-hybridized carbons (Fsp3) is 0.500. The van der Waals surface area contributed by atoms with Crippen molar-refractivity contribution in [3.8, 4) is 0 Å². The molecule has 0 bridgehead atoms. The second-order valence-electron chi connectivity index (χ2n) is 6.02. The summed E-state index contributed by atoms with van der Waals surface area (Å²) in [5.74, 6) is 0.381. The lowest BCUT2D eigenvalue weighted by atomic mass is 10.2. The number of nitrogens with one attached hydrogen (secondary N) is 1. The van der Waals surface area contributed by atoms with Crippen molar-refractivity contribution in [1.82, 2.24) is 9.80 Å². The molecule has 1 heterocycles. The summed E-state index contributed by atoms with van der Waals surface area (Å²) in [5.41, 5.74) is 0.448. The number of anilines is 1. The first-order valence-corrected chi connectivity index (χ1v) is 8.55. The van der Waals surface area contributed by atoms with Gasteiger partial charge in [-0.2, -0.15) is 0 Å². The average molecular weight is 356 g/mol. The molecule has 5 nitrogen and oxygen atoms in total. The first-order chi connectivity index (χ1) is 11.0. The number of halogens is 2. The van der Waals surface area contributed by atoms with E-state index in [1.165, 1.54) is 0 Å². The Morgan fingerprint density at radius 1 is 1.09 bits per heavy atom. The van der Waals surface area contributed by atoms with Crippen LogP contribution in [0.5, 0.6) is 0 Å². The number of amides is 2. The summed E-state index contributed by atoms with van der Waals surface area (Å²) < 4.78 is 0. The lowest BCUT2D eigenvalue weighted by molar-refractivity contribution is -0.134. The normalized spacial score (nSPS) is 18.8. The molecule has 1 saturated carbocycles. The molecular weight excluding hydrogens is 337 g/mol. The van der Waals surface area contributed by atoms with Crippen LogP contribution in [0.25, 0.3) is 0 Å². The maximum absolute atomic E-state index is 12.2. The van der Waals surface area contributed by atoms with Gasteiger partial charge >= 0.3 is 0 Å². The number of carbonyl (C=O) groups is 2. The zero-order valence-electron chi connectivity index (χ0n) is 12.7. The molecule has 1 aromatic rings. The Hall–Kier alpha value is -1.30. The summed E-state index contributed by atoms with van der Waals surface area (Å²) in [6.45, 7) is 3.07. The van der Waals surface area contributed by atoms with Gasteiger partial charge in [0.15, 0.2) is 0 Å². The van der Waals surface area contributed by atoms with Crippen LogP contribution in [0.4, 0.5) is 5.69 Å². The number of nitrogens with zero attached hydrogens (tertiary/aromatic N) is 2. The number of carbonyl (C=O) groups excluding carboxylic acids is 2. The third-order valence-electron chi connectivity index (χ3n) is 4.20. The van der Waals surface area contributed by atoms with Gasteiger partial charge in [0.2, 0.25) is 11.8 Å². The summed E-state index contributed by atoms with van der Waals surface area (Å²) in [5, 5.41) is 3.61. The zero-order valence-corrected chi connectivity index (χ0v) is 14.2. The van der Waals surface area contributed by atoms with E-state index in [1.54, 1.807) is 18.2 Å². The molecule has 23 heavy (non-hydrogen) atoms. The highest BCUT2D eigenvalue weighted by Gasteiger charge is 2.34. The molecule has 0 aromatic heterocycles. The first kappa shape index (κ1) is 16.6. The Morgan fingerprint density at radius 2 is 1.70 bits per heavy atom. The quantitative estimate of drug-likeness (QED) is 0.902. The van der Waals surface area contributed by atoms with Crippen LogP contribution < -0.4 is 5.32 Å². The summed E-state index contributed by atoms with van der Waals surface area (Å²) in [4.78, 5) is 28.1. The minimum atomic E-state index is -0.151. The molecule has 0 unspecified atom stereocenters. The van der Waals surface area contributed by atoms with Crippen molar-refractivity contribution in [2.24, 2.45) is 5.92 Å². The molecular formula is C16H19Cl2N3O2. The zero-order chi connectivity index (χ0) is 16.4. The van der Waals surface area contributed by atoms with E-state index in [0.717, 1.165) is 12.8 Å². The van der Waals surface area contributed by atoms with E-state index < -0.39 is 0 Å². The van der Waals surface area contributed by atoms with E-state index in [2.05, 4.69) is 5.32 Å². The van der Waals surface area contributed by atoms with Crippen LogP contribution in [0.2, 0.25) is 10.0 Å². The number of para-hydroxylation sites is 1. The van der Waals surface area contributed by atoms with Gasteiger partial charge < -0.3 is 10.2 Å². The second kappa shape index (κ2) is 7.07. The molecule has 1 N–H and O–H groups in total. The van der Waals surface area contributed by atoms with Gasteiger partial charge in [-0.25, -0.2) is 0 Å². The molecule has 2 amide bonds. The maximum Gasteiger partial charge on any atom is 0.238 e. The van der Waals surface area contributed by atoms with Gasteiger partial charge in [-0.3, -0.25) is 14.5 Å². The summed E-state index contributed by atoms with van der Waals surface area (Å²) in [6, 6.07) is 5.10. The molecule has 1 aliphatic carbocycles. The van der Waals surface area contributed by atoms with Gasteiger partial charge in [-0.15, -0.1) is 0 Å². The molecule has 1 aromatic carbocycles. The van der Waals surface area contributed by atoms with Crippen LogP contribution in [0.1, 0.15) is 12.8 Å². The summed E-state index contributed by atoms with van der Waals surface area (Å²) in [6.07, 6.45) is 2.06. The smallest absolute Gasteiger partial charge is 0.238 e. The number of piperazine rings is 1. The van der Waals surface area contributed by atoms with Crippen LogP contribution in [-0.2, 0) is 9.59 Å². The van der Waals surface area contributed by atoms with E-state index >= 15 is 0 Å². The number of hydrogen-bond donors (Lipinski definition) is 1. The highest BCUT2D eigenvalue weighted by molar-refractivity contribution is 6.39. The number of hydrogen-bond acceptors (Lipinski definition) is 3. The van der Waals surface area contributed by atoms with Crippen LogP contribution in [0.15, 0.2) is 18.2 Å². The summed E-state index contributed by atoms with van der Waals surface area (Å²) >= 11 is 12.1. The van der Waals surface area contributed by atoms with E-state index in [9.17, 15) is 9.59 Å². The lowest BCUT2D eigenvalue weighted by Crippen LogP contribution is -2.50. The minimum absolute atomic E-state index is 0.151. The second-order valence-corrected chi connectivity index (χ2v) is 6.83. The molecule has 2 aliphatic rings. The van der Waals surface area contributed by atoms with Gasteiger partial charge in [0.25, 0.3) is 0 Å².